The number of rotatable bonds is 6. The molecule has 1 unspecified atom stereocenters. The Hall–Kier alpha value is -2.31. The van der Waals surface area contributed by atoms with Crippen LogP contribution in [0.4, 0.5) is 8.78 Å². The summed E-state index contributed by atoms with van der Waals surface area (Å²) in [6.07, 6.45) is -0.815. The highest BCUT2D eigenvalue weighted by molar-refractivity contribution is 5.94. The van der Waals surface area contributed by atoms with Crippen LogP contribution < -0.4 is 0 Å². The van der Waals surface area contributed by atoms with Crippen LogP contribution in [-0.2, 0) is 4.74 Å². The summed E-state index contributed by atoms with van der Waals surface area (Å²) in [5, 5.41) is 9.69. The van der Waals surface area contributed by atoms with Crippen molar-refractivity contribution < 1.29 is 23.4 Å². The van der Waals surface area contributed by atoms with Crippen LogP contribution in [0.25, 0.3) is 11.1 Å². The molecule has 1 atom stereocenters. The van der Waals surface area contributed by atoms with Crippen LogP contribution in [-0.4, -0.2) is 49.3 Å². The summed E-state index contributed by atoms with van der Waals surface area (Å²) in [4.78, 5) is 13.7. The third-order valence-corrected chi connectivity index (χ3v) is 3.89. The molecule has 0 aliphatic rings. The summed E-state index contributed by atoms with van der Waals surface area (Å²) in [6.45, 7) is 1.88. The van der Waals surface area contributed by atoms with Crippen molar-refractivity contribution in [2.24, 2.45) is 0 Å². The summed E-state index contributed by atoms with van der Waals surface area (Å²) in [5.74, 6) is -1.35. The van der Waals surface area contributed by atoms with E-state index in [0.717, 1.165) is 6.07 Å². The lowest BCUT2D eigenvalue weighted by molar-refractivity contribution is 0.0380. The third-order valence-electron chi connectivity index (χ3n) is 3.89. The summed E-state index contributed by atoms with van der Waals surface area (Å²) >= 11 is 0. The lowest BCUT2D eigenvalue weighted by Crippen LogP contribution is -2.36. The Morgan fingerprint density at radius 1 is 1.20 bits per heavy atom. The molecule has 6 heteroatoms. The van der Waals surface area contributed by atoms with Gasteiger partial charge < -0.3 is 14.7 Å². The summed E-state index contributed by atoms with van der Waals surface area (Å²) in [7, 11) is 2.98. The molecule has 0 spiro atoms. The van der Waals surface area contributed by atoms with Gasteiger partial charge in [-0.2, -0.15) is 0 Å². The topological polar surface area (TPSA) is 49.8 Å². The van der Waals surface area contributed by atoms with Gasteiger partial charge in [0.2, 0.25) is 0 Å². The molecule has 0 bridgehead atoms. The smallest absolute Gasteiger partial charge is 0.253 e. The molecule has 1 N–H and O–H groups in total. The van der Waals surface area contributed by atoms with E-state index < -0.39 is 17.8 Å². The minimum absolute atomic E-state index is 0.0765. The molecule has 4 nitrogen and oxygen atoms in total. The van der Waals surface area contributed by atoms with Gasteiger partial charge in [0, 0.05) is 31.8 Å². The van der Waals surface area contributed by atoms with Crippen molar-refractivity contribution in [3.63, 3.8) is 0 Å². The molecule has 0 aliphatic carbocycles. The van der Waals surface area contributed by atoms with Gasteiger partial charge in [-0.25, -0.2) is 8.78 Å². The highest BCUT2D eigenvalue weighted by Crippen LogP contribution is 2.27. The second-order valence-electron chi connectivity index (χ2n) is 5.95. The number of aliphatic hydroxyl groups excluding tert-OH is 1. The number of methoxy groups -OCH3 is 1. The van der Waals surface area contributed by atoms with Crippen molar-refractivity contribution in [1.29, 1.82) is 0 Å². The Kier molecular flexibility index (Phi) is 6.22. The Labute approximate surface area is 145 Å². The first-order valence-electron chi connectivity index (χ1n) is 7.82. The van der Waals surface area contributed by atoms with Crippen LogP contribution in [0.5, 0.6) is 0 Å². The molecule has 2 aromatic carbocycles. The Morgan fingerprint density at radius 2 is 1.88 bits per heavy atom. The first-order chi connectivity index (χ1) is 11.8. The number of carbonyl (C=O) groups is 1. The van der Waals surface area contributed by atoms with Gasteiger partial charge >= 0.3 is 0 Å². The summed E-state index contributed by atoms with van der Waals surface area (Å²) in [6, 6.07) is 8.28. The fraction of sp³-hybridized carbons (Fsp3) is 0.316. The second-order valence-corrected chi connectivity index (χ2v) is 5.95. The number of hydrogen-bond acceptors (Lipinski definition) is 3. The largest absolute Gasteiger partial charge is 0.389 e. The van der Waals surface area contributed by atoms with E-state index in [0.29, 0.717) is 16.7 Å². The zero-order chi connectivity index (χ0) is 18.6. The van der Waals surface area contributed by atoms with E-state index in [2.05, 4.69) is 0 Å². The van der Waals surface area contributed by atoms with E-state index in [1.807, 2.05) is 0 Å². The van der Waals surface area contributed by atoms with Crippen molar-refractivity contribution in [1.82, 2.24) is 4.90 Å². The predicted octanol–water partition coefficient (Wildman–Crippen LogP) is 3.02. The van der Waals surface area contributed by atoms with E-state index in [-0.39, 0.29) is 24.5 Å². The molecule has 134 valence electrons. The molecule has 25 heavy (non-hydrogen) atoms. The van der Waals surface area contributed by atoms with Crippen LogP contribution in [0.3, 0.4) is 0 Å². The summed E-state index contributed by atoms with van der Waals surface area (Å²) < 4.78 is 32.5. The molecule has 0 saturated heterocycles. The van der Waals surface area contributed by atoms with E-state index in [9.17, 15) is 18.7 Å². The van der Waals surface area contributed by atoms with E-state index in [4.69, 9.17) is 4.74 Å². The van der Waals surface area contributed by atoms with Crippen molar-refractivity contribution in [2.45, 2.75) is 13.0 Å². The van der Waals surface area contributed by atoms with Crippen molar-refractivity contribution in [3.8, 4) is 11.1 Å². The normalized spacial score (nSPS) is 12.1. The fourth-order valence-electron chi connectivity index (χ4n) is 2.66. The molecule has 0 heterocycles. The number of likely N-dealkylation sites (N-methyl/N-ethyl adjacent to an activating group) is 1. The van der Waals surface area contributed by atoms with Crippen LogP contribution >= 0.6 is 0 Å². The van der Waals surface area contributed by atoms with E-state index in [1.54, 1.807) is 6.92 Å². The van der Waals surface area contributed by atoms with Gasteiger partial charge in [0.1, 0.15) is 11.6 Å². The number of aryl methyl sites for hydroxylation is 1. The Morgan fingerprint density at radius 3 is 2.48 bits per heavy atom. The monoisotopic (exact) mass is 349 g/mol. The number of aliphatic hydroxyl groups is 1. The molecular weight excluding hydrogens is 328 g/mol. The zero-order valence-corrected chi connectivity index (χ0v) is 14.4. The minimum atomic E-state index is -0.815. The fourth-order valence-corrected chi connectivity index (χ4v) is 2.66. The number of hydrogen-bond donors (Lipinski definition) is 1. The lowest BCUT2D eigenvalue weighted by Gasteiger charge is -2.20. The maximum absolute atomic E-state index is 14.5. The van der Waals surface area contributed by atoms with E-state index >= 15 is 0 Å². The third kappa shape index (κ3) is 4.61. The zero-order valence-electron chi connectivity index (χ0n) is 14.4. The van der Waals surface area contributed by atoms with E-state index in [1.165, 1.54) is 49.4 Å². The number of ether oxygens (including phenoxy) is 1. The van der Waals surface area contributed by atoms with Gasteiger partial charge in [0.15, 0.2) is 0 Å². The van der Waals surface area contributed by atoms with Gasteiger partial charge in [-0.15, -0.1) is 0 Å². The van der Waals surface area contributed by atoms with Gasteiger partial charge in [0.05, 0.1) is 12.7 Å². The SMILES string of the molecule is COCC(O)CN(C)C(=O)c1ccc(-c2ccc(F)cc2C)c(F)c1. The Balaban J connectivity index is 2.22. The van der Waals surface area contributed by atoms with Gasteiger partial charge in [-0.1, -0.05) is 12.1 Å². The number of benzene rings is 2. The molecule has 2 rings (SSSR count). The number of nitrogens with zero attached hydrogens (tertiary/aromatic N) is 1. The minimum Gasteiger partial charge on any atom is -0.389 e. The average Bonchev–Trinajstić information content (AvgIpc) is 2.55. The predicted molar refractivity (Wildman–Crippen MR) is 91.4 cm³/mol. The van der Waals surface area contributed by atoms with Crippen molar-refractivity contribution >= 4 is 5.91 Å². The molecule has 1 amide bonds. The number of amides is 1. The molecule has 0 aliphatic heterocycles. The quantitative estimate of drug-likeness (QED) is 0.872. The number of carbonyl (C=O) groups excluding carboxylic acids is 1. The highest BCUT2D eigenvalue weighted by Gasteiger charge is 2.18. The molecular formula is C19H21F2NO3. The molecule has 0 fully saturated rings. The molecule has 0 saturated carbocycles. The number of halogens is 2. The maximum Gasteiger partial charge on any atom is 0.253 e. The van der Waals surface area contributed by atoms with Crippen LogP contribution in [0.1, 0.15) is 15.9 Å². The van der Waals surface area contributed by atoms with Crippen LogP contribution in [0.15, 0.2) is 36.4 Å². The first-order valence-corrected chi connectivity index (χ1v) is 7.82. The standard InChI is InChI=1S/C19H21F2NO3/c1-12-8-14(20)5-7-16(12)17-6-4-13(9-18(17)21)19(24)22(2)10-15(23)11-25-3/h4-9,15,23H,10-11H2,1-3H3. The van der Waals surface area contributed by atoms with Gasteiger partial charge in [-0.3, -0.25) is 4.79 Å². The van der Waals surface area contributed by atoms with Crippen LogP contribution in [0.2, 0.25) is 0 Å². The van der Waals surface area contributed by atoms with Gasteiger partial charge in [-0.05, 0) is 42.3 Å². The summed E-state index contributed by atoms with van der Waals surface area (Å²) in [5.41, 5.74) is 1.66. The van der Waals surface area contributed by atoms with Crippen molar-refractivity contribution in [2.75, 3.05) is 27.3 Å². The van der Waals surface area contributed by atoms with Gasteiger partial charge in [0.25, 0.3) is 5.91 Å². The first kappa shape index (κ1) is 19.0. The lowest BCUT2D eigenvalue weighted by atomic mass is 9.98. The molecule has 2 aromatic rings. The molecule has 0 radical (unpaired) electrons. The highest BCUT2D eigenvalue weighted by atomic mass is 19.1. The average molecular weight is 349 g/mol. The Bertz CT molecular complexity index is 764. The van der Waals surface area contributed by atoms with Crippen molar-refractivity contribution in [3.05, 3.63) is 59.2 Å². The second kappa shape index (κ2) is 8.18. The van der Waals surface area contributed by atoms with Crippen LogP contribution in [0, 0.1) is 18.6 Å². The maximum atomic E-state index is 14.5. The molecule has 0 aromatic heterocycles.